The molecule has 0 spiro atoms. The molecule has 11 heteroatoms. The molecule has 312 valence electrons. The van der Waals surface area contributed by atoms with Gasteiger partial charge >= 0.3 is 0 Å². The van der Waals surface area contributed by atoms with E-state index in [-0.39, 0.29) is 10.6 Å². The Morgan fingerprint density at radius 3 is 1.72 bits per heavy atom. The Labute approximate surface area is 358 Å². The zero-order chi connectivity index (χ0) is 42.4. The lowest BCUT2D eigenvalue weighted by molar-refractivity contribution is -0.122. The number of hydrogen-bond donors (Lipinski definition) is 2. The smallest absolute Gasteiger partial charge is 0.241 e. The Bertz CT molecular complexity index is 2270. The molecule has 6 aromatic carbocycles. The number of nitrogens with one attached hydrogen (secondary N) is 2. The molecular weight excluding hydrogens is 793 g/mol. The third-order valence-electron chi connectivity index (χ3n) is 10.1. The number of sulfonamides is 1. The van der Waals surface area contributed by atoms with Crippen LogP contribution in [0.25, 0.3) is 0 Å². The minimum atomic E-state index is -4.24. The van der Waals surface area contributed by atoms with Gasteiger partial charge < -0.3 is 24.3 Å². The van der Waals surface area contributed by atoms with E-state index in [9.17, 15) is 8.42 Å². The highest BCUT2D eigenvalue weighted by molar-refractivity contribution is 8.00. The van der Waals surface area contributed by atoms with E-state index in [1.54, 1.807) is 38.5 Å². The SMILES string of the molecule is CCCCOc1ccc(S(=O)(=O)N[C@@H](CSC(c2ccccc2)(c2ccccc2)c2ccccc2)C(=O)NC(c2ccc(OCC)cc2)c2ccc(OC)cc2OC)cc1. The van der Waals surface area contributed by atoms with Gasteiger partial charge in [-0.2, -0.15) is 4.72 Å². The standard InChI is InChI=1S/C49H52N2O7S2/c1-5-7-33-58-41-27-30-43(31-28-41)60(53,54)51-45(35-59-49(37-17-11-8-12-18-37,38-19-13-9-14-20-38)39-21-15-10-16-22-39)48(52)50-47(36-23-25-40(26-24-36)57-6-2)44-32-29-42(55-3)34-46(44)56-4/h8-32,34,45,47,51H,5-7,33,35H2,1-4H3,(H,50,52)/t45-,47?/m0/s1. The first-order chi connectivity index (χ1) is 29.2. The second-order valence-corrected chi connectivity index (χ2v) is 16.9. The highest BCUT2D eigenvalue weighted by Gasteiger charge is 2.39. The fourth-order valence-electron chi connectivity index (χ4n) is 7.01. The van der Waals surface area contributed by atoms with Gasteiger partial charge in [0.25, 0.3) is 0 Å². The van der Waals surface area contributed by atoms with E-state index in [1.807, 2.05) is 91.9 Å². The van der Waals surface area contributed by atoms with Crippen LogP contribution in [0.1, 0.15) is 60.5 Å². The van der Waals surface area contributed by atoms with Crippen LogP contribution in [-0.4, -0.2) is 53.6 Å². The van der Waals surface area contributed by atoms with Crippen molar-refractivity contribution in [2.24, 2.45) is 0 Å². The van der Waals surface area contributed by atoms with Gasteiger partial charge in [-0.3, -0.25) is 4.79 Å². The van der Waals surface area contributed by atoms with Gasteiger partial charge in [0.05, 0.1) is 43.1 Å². The highest BCUT2D eigenvalue weighted by atomic mass is 32.2. The summed E-state index contributed by atoms with van der Waals surface area (Å²) in [6.07, 6.45) is 1.86. The second-order valence-electron chi connectivity index (χ2n) is 14.0. The van der Waals surface area contributed by atoms with E-state index in [0.29, 0.717) is 41.8 Å². The molecule has 60 heavy (non-hydrogen) atoms. The molecule has 9 nitrogen and oxygen atoms in total. The summed E-state index contributed by atoms with van der Waals surface area (Å²) in [6, 6.07) is 47.3. The first-order valence-corrected chi connectivity index (χ1v) is 22.5. The monoisotopic (exact) mass is 844 g/mol. The van der Waals surface area contributed by atoms with E-state index < -0.39 is 32.8 Å². The summed E-state index contributed by atoms with van der Waals surface area (Å²) in [4.78, 5) is 15.1. The fraction of sp³-hybridized carbons (Fsp3) is 0.245. The number of carbonyl (C=O) groups excluding carboxylic acids is 1. The van der Waals surface area contributed by atoms with Gasteiger partial charge in [0, 0.05) is 17.4 Å². The molecular formula is C49H52N2O7S2. The summed E-state index contributed by atoms with van der Waals surface area (Å²) < 4.78 is 53.6. The van der Waals surface area contributed by atoms with Gasteiger partial charge in [-0.25, -0.2) is 8.42 Å². The molecule has 1 unspecified atom stereocenters. The van der Waals surface area contributed by atoms with Crippen molar-refractivity contribution in [3.8, 4) is 23.0 Å². The van der Waals surface area contributed by atoms with E-state index in [1.165, 1.54) is 23.9 Å². The Kier molecular flexibility index (Phi) is 15.3. The largest absolute Gasteiger partial charge is 0.497 e. The van der Waals surface area contributed by atoms with Gasteiger partial charge in [0.2, 0.25) is 15.9 Å². The van der Waals surface area contributed by atoms with Crippen LogP contribution in [0.3, 0.4) is 0 Å². The molecule has 0 radical (unpaired) electrons. The molecule has 6 aromatic rings. The maximum atomic E-state index is 15.1. The molecule has 0 aliphatic carbocycles. The molecule has 0 fully saturated rings. The Hall–Kier alpha value is -5.75. The molecule has 0 bridgehead atoms. The number of amides is 1. The summed E-state index contributed by atoms with van der Waals surface area (Å²) in [7, 11) is -1.12. The fourth-order valence-corrected chi connectivity index (χ4v) is 9.87. The van der Waals surface area contributed by atoms with E-state index >= 15 is 4.79 Å². The van der Waals surface area contributed by atoms with E-state index in [0.717, 1.165) is 35.1 Å². The average Bonchev–Trinajstić information content (AvgIpc) is 3.29. The third-order valence-corrected chi connectivity index (χ3v) is 13.2. The van der Waals surface area contributed by atoms with Gasteiger partial charge in [-0.05, 0) is 84.1 Å². The van der Waals surface area contributed by atoms with Crippen LogP contribution in [0.15, 0.2) is 163 Å². The molecule has 2 atom stereocenters. The van der Waals surface area contributed by atoms with Crippen molar-refractivity contribution in [1.29, 1.82) is 0 Å². The first-order valence-electron chi connectivity index (χ1n) is 20.0. The average molecular weight is 845 g/mol. The molecule has 0 saturated carbocycles. The van der Waals surface area contributed by atoms with Crippen molar-refractivity contribution in [2.75, 3.05) is 33.2 Å². The van der Waals surface area contributed by atoms with Gasteiger partial charge in [0.15, 0.2) is 0 Å². The van der Waals surface area contributed by atoms with Crippen molar-refractivity contribution in [2.45, 2.75) is 48.4 Å². The van der Waals surface area contributed by atoms with Crippen LogP contribution in [0.5, 0.6) is 23.0 Å². The summed E-state index contributed by atoms with van der Waals surface area (Å²) >= 11 is 1.49. The van der Waals surface area contributed by atoms with Crippen LogP contribution < -0.4 is 29.0 Å². The van der Waals surface area contributed by atoms with Crippen LogP contribution >= 0.6 is 11.8 Å². The molecule has 1 amide bonds. The zero-order valence-corrected chi connectivity index (χ0v) is 36.0. The van der Waals surface area contributed by atoms with Gasteiger partial charge in [-0.15, -0.1) is 11.8 Å². The molecule has 0 saturated heterocycles. The number of hydrogen-bond acceptors (Lipinski definition) is 8. The topological polar surface area (TPSA) is 112 Å². The number of rotatable bonds is 21. The second kappa shape index (κ2) is 21.0. The quantitative estimate of drug-likeness (QED) is 0.0545. The van der Waals surface area contributed by atoms with E-state index in [2.05, 4.69) is 53.4 Å². The lowest BCUT2D eigenvalue weighted by atomic mass is 9.84. The lowest BCUT2D eigenvalue weighted by Gasteiger charge is -2.36. The minimum absolute atomic E-state index is 0.00784. The molecule has 2 N–H and O–H groups in total. The molecule has 6 rings (SSSR count). The summed E-state index contributed by atoms with van der Waals surface area (Å²) in [6.45, 7) is 5.01. The van der Waals surface area contributed by atoms with Gasteiger partial charge in [-0.1, -0.05) is 116 Å². The summed E-state index contributed by atoms with van der Waals surface area (Å²) in [5.41, 5.74) is 4.31. The first kappa shape index (κ1) is 43.8. The number of thioether (sulfide) groups is 1. The molecule has 0 aromatic heterocycles. The van der Waals surface area contributed by atoms with Crippen molar-refractivity contribution >= 4 is 27.7 Å². The lowest BCUT2D eigenvalue weighted by Crippen LogP contribution is -2.49. The molecule has 0 aliphatic rings. The number of unbranched alkanes of at least 4 members (excludes halogenated alkanes) is 1. The number of benzene rings is 6. The predicted octanol–water partition coefficient (Wildman–Crippen LogP) is 9.56. The summed E-state index contributed by atoms with van der Waals surface area (Å²) in [5, 5.41) is 3.22. The Morgan fingerprint density at radius 2 is 1.20 bits per heavy atom. The Balaban J connectivity index is 1.44. The van der Waals surface area contributed by atoms with Gasteiger partial charge in [0.1, 0.15) is 29.0 Å². The zero-order valence-electron chi connectivity index (χ0n) is 34.4. The maximum absolute atomic E-state index is 15.1. The van der Waals surface area contributed by atoms with Crippen molar-refractivity contribution in [3.63, 3.8) is 0 Å². The number of ether oxygens (including phenoxy) is 4. The van der Waals surface area contributed by atoms with Crippen LogP contribution in [-0.2, 0) is 19.6 Å². The minimum Gasteiger partial charge on any atom is -0.497 e. The normalized spacial score (nSPS) is 12.5. The highest BCUT2D eigenvalue weighted by Crippen LogP contribution is 2.49. The maximum Gasteiger partial charge on any atom is 0.241 e. The van der Waals surface area contributed by atoms with Crippen LogP contribution in [0.4, 0.5) is 0 Å². The summed E-state index contributed by atoms with van der Waals surface area (Å²) in [5.74, 6) is 1.81. The third kappa shape index (κ3) is 10.5. The number of methoxy groups -OCH3 is 2. The molecule has 0 aliphatic heterocycles. The molecule has 0 heterocycles. The predicted molar refractivity (Wildman–Crippen MR) is 240 cm³/mol. The van der Waals surface area contributed by atoms with Crippen LogP contribution in [0, 0.1) is 0 Å². The van der Waals surface area contributed by atoms with E-state index in [4.69, 9.17) is 18.9 Å². The number of carbonyl (C=O) groups is 1. The van der Waals surface area contributed by atoms with Crippen molar-refractivity contribution in [3.05, 3.63) is 186 Å². The van der Waals surface area contributed by atoms with Crippen molar-refractivity contribution < 1.29 is 32.2 Å². The van der Waals surface area contributed by atoms with Crippen LogP contribution in [0.2, 0.25) is 0 Å². The Morgan fingerprint density at radius 1 is 0.667 bits per heavy atom. The van der Waals surface area contributed by atoms with Crippen molar-refractivity contribution in [1.82, 2.24) is 10.0 Å².